The first-order valence-corrected chi connectivity index (χ1v) is 4.72. The van der Waals surface area contributed by atoms with Gasteiger partial charge in [-0.1, -0.05) is 19.9 Å². The van der Waals surface area contributed by atoms with Crippen LogP contribution in [-0.2, 0) is 12.8 Å². The summed E-state index contributed by atoms with van der Waals surface area (Å²) in [4.78, 5) is 0. The lowest BCUT2D eigenvalue weighted by molar-refractivity contribution is -0.137. The Hall–Kier alpha value is -1.03. The van der Waals surface area contributed by atoms with Crippen molar-refractivity contribution in [3.63, 3.8) is 0 Å². The molecule has 1 nitrogen and oxygen atoms in total. The monoisotopic (exact) mass is 220 g/mol. The summed E-state index contributed by atoms with van der Waals surface area (Å²) < 4.78 is 36.5. The molecule has 86 valence electrons. The Morgan fingerprint density at radius 1 is 1.20 bits per heavy atom. The fourth-order valence-corrected chi connectivity index (χ4v) is 1.02. The number of hydrogen-bond acceptors (Lipinski definition) is 1. The molecule has 1 rings (SSSR count). The number of rotatable bonds is 1. The zero-order valence-corrected chi connectivity index (χ0v) is 9.02. The van der Waals surface area contributed by atoms with E-state index in [1.807, 2.05) is 13.8 Å². The van der Waals surface area contributed by atoms with Gasteiger partial charge in [0.05, 0.1) is 12.2 Å². The van der Waals surface area contributed by atoms with Crippen LogP contribution in [0.15, 0.2) is 18.2 Å². The van der Waals surface area contributed by atoms with E-state index in [1.54, 1.807) is 6.92 Å². The number of aryl methyl sites for hydroxylation is 1. The highest BCUT2D eigenvalue weighted by Gasteiger charge is 2.30. The van der Waals surface area contributed by atoms with Crippen LogP contribution < -0.4 is 0 Å². The van der Waals surface area contributed by atoms with Crippen molar-refractivity contribution in [1.29, 1.82) is 0 Å². The molecule has 0 aliphatic carbocycles. The average molecular weight is 220 g/mol. The van der Waals surface area contributed by atoms with E-state index < -0.39 is 11.7 Å². The third kappa shape index (κ3) is 3.91. The van der Waals surface area contributed by atoms with E-state index in [0.717, 1.165) is 12.1 Å². The van der Waals surface area contributed by atoms with Crippen LogP contribution in [0.2, 0.25) is 0 Å². The lowest BCUT2D eigenvalue weighted by Gasteiger charge is -2.09. The molecule has 1 aromatic rings. The Balaban J connectivity index is 0.000000921. The highest BCUT2D eigenvalue weighted by molar-refractivity contribution is 5.31. The van der Waals surface area contributed by atoms with Gasteiger partial charge in [-0.3, -0.25) is 0 Å². The van der Waals surface area contributed by atoms with Crippen LogP contribution in [0.1, 0.15) is 30.5 Å². The van der Waals surface area contributed by atoms with Crippen LogP contribution in [-0.4, -0.2) is 5.11 Å². The normalized spacial score (nSPS) is 10.6. The molecular weight excluding hydrogens is 205 g/mol. The minimum atomic E-state index is -4.34. The summed E-state index contributed by atoms with van der Waals surface area (Å²) in [7, 11) is 0. The molecule has 0 radical (unpaired) electrons. The van der Waals surface area contributed by atoms with Gasteiger partial charge < -0.3 is 5.11 Å². The van der Waals surface area contributed by atoms with Crippen LogP contribution in [0.4, 0.5) is 13.2 Å². The van der Waals surface area contributed by atoms with Gasteiger partial charge in [0.1, 0.15) is 0 Å². The molecule has 0 aliphatic heterocycles. The van der Waals surface area contributed by atoms with Crippen molar-refractivity contribution >= 4 is 0 Å². The Bertz CT molecular complexity index is 305. The third-order valence-corrected chi connectivity index (χ3v) is 1.85. The van der Waals surface area contributed by atoms with Gasteiger partial charge in [0.2, 0.25) is 0 Å². The molecular formula is C11H15F3O. The summed E-state index contributed by atoms with van der Waals surface area (Å²) in [5.74, 6) is 0. The number of benzene rings is 1. The minimum Gasteiger partial charge on any atom is -0.392 e. The second-order valence-corrected chi connectivity index (χ2v) is 2.80. The predicted octanol–water partition coefficient (Wildman–Crippen LogP) is 3.53. The fraction of sp³-hybridized carbons (Fsp3) is 0.455. The molecule has 0 heterocycles. The topological polar surface area (TPSA) is 20.2 Å². The molecule has 0 bridgehead atoms. The summed E-state index contributed by atoms with van der Waals surface area (Å²) in [5, 5.41) is 8.74. The molecule has 0 fully saturated rings. The zero-order chi connectivity index (χ0) is 12.1. The molecule has 4 heteroatoms. The quantitative estimate of drug-likeness (QED) is 0.767. The number of hydrogen-bond donors (Lipinski definition) is 1. The Morgan fingerprint density at radius 2 is 1.73 bits per heavy atom. The van der Waals surface area contributed by atoms with Crippen molar-refractivity contribution in [1.82, 2.24) is 0 Å². The smallest absolute Gasteiger partial charge is 0.392 e. The van der Waals surface area contributed by atoms with Gasteiger partial charge in [0.15, 0.2) is 0 Å². The summed E-state index contributed by atoms with van der Waals surface area (Å²) in [5.41, 5.74) is 0.257. The van der Waals surface area contributed by atoms with Crippen LogP contribution >= 0.6 is 0 Å². The lowest BCUT2D eigenvalue weighted by atomic mass is 10.1. The summed E-state index contributed by atoms with van der Waals surface area (Å²) >= 11 is 0. The van der Waals surface area contributed by atoms with Crippen LogP contribution in [0, 0.1) is 6.92 Å². The Labute approximate surface area is 87.6 Å². The number of halogens is 3. The summed E-state index contributed by atoms with van der Waals surface area (Å²) in [6.45, 7) is 5.29. The second kappa shape index (κ2) is 5.75. The van der Waals surface area contributed by atoms with E-state index in [0.29, 0.717) is 11.1 Å². The maximum Gasteiger partial charge on any atom is 0.416 e. The zero-order valence-electron chi connectivity index (χ0n) is 9.02. The largest absolute Gasteiger partial charge is 0.416 e. The number of alkyl halides is 3. The van der Waals surface area contributed by atoms with E-state index >= 15 is 0 Å². The molecule has 0 unspecified atom stereocenters. The molecule has 0 atom stereocenters. The van der Waals surface area contributed by atoms with E-state index in [4.69, 9.17) is 5.11 Å². The van der Waals surface area contributed by atoms with Gasteiger partial charge in [-0.2, -0.15) is 13.2 Å². The summed E-state index contributed by atoms with van der Waals surface area (Å²) in [6.07, 6.45) is -4.34. The van der Waals surface area contributed by atoms with Gasteiger partial charge >= 0.3 is 6.18 Å². The van der Waals surface area contributed by atoms with Crippen molar-refractivity contribution in [3.8, 4) is 0 Å². The first kappa shape index (κ1) is 14.0. The van der Waals surface area contributed by atoms with Gasteiger partial charge in [-0.25, -0.2) is 0 Å². The van der Waals surface area contributed by atoms with Crippen molar-refractivity contribution in [2.45, 2.75) is 33.6 Å². The molecule has 1 aromatic carbocycles. The van der Waals surface area contributed by atoms with Crippen molar-refractivity contribution in [3.05, 3.63) is 34.9 Å². The SMILES string of the molecule is CC.Cc1ccc(C(F)(F)F)cc1CO. The lowest BCUT2D eigenvalue weighted by Crippen LogP contribution is -2.06. The molecule has 0 spiro atoms. The summed E-state index contributed by atoms with van der Waals surface area (Å²) in [6, 6.07) is 3.33. The molecule has 0 saturated heterocycles. The molecule has 0 aromatic heterocycles. The Kier molecular flexibility index (Phi) is 5.36. The molecule has 0 saturated carbocycles. The van der Waals surface area contributed by atoms with Crippen molar-refractivity contribution < 1.29 is 18.3 Å². The van der Waals surface area contributed by atoms with Gasteiger partial charge in [-0.15, -0.1) is 0 Å². The fourth-order valence-electron chi connectivity index (χ4n) is 1.02. The maximum atomic E-state index is 12.2. The standard InChI is InChI=1S/C9H9F3O.C2H6/c1-6-2-3-8(9(10,11)12)4-7(6)5-13;1-2/h2-4,13H,5H2,1H3;1-2H3. The highest BCUT2D eigenvalue weighted by atomic mass is 19.4. The number of aliphatic hydroxyl groups is 1. The highest BCUT2D eigenvalue weighted by Crippen LogP contribution is 2.30. The van der Waals surface area contributed by atoms with E-state index in [-0.39, 0.29) is 6.61 Å². The van der Waals surface area contributed by atoms with E-state index in [1.165, 1.54) is 6.07 Å². The van der Waals surface area contributed by atoms with E-state index in [2.05, 4.69) is 0 Å². The van der Waals surface area contributed by atoms with Crippen LogP contribution in [0.25, 0.3) is 0 Å². The minimum absolute atomic E-state index is 0.315. The first-order valence-electron chi connectivity index (χ1n) is 4.72. The number of aliphatic hydroxyl groups excluding tert-OH is 1. The van der Waals surface area contributed by atoms with Crippen molar-refractivity contribution in [2.75, 3.05) is 0 Å². The molecule has 0 amide bonds. The molecule has 1 N–H and O–H groups in total. The van der Waals surface area contributed by atoms with Gasteiger partial charge in [-0.05, 0) is 30.2 Å². The molecule has 15 heavy (non-hydrogen) atoms. The third-order valence-electron chi connectivity index (χ3n) is 1.85. The maximum absolute atomic E-state index is 12.2. The van der Waals surface area contributed by atoms with Gasteiger partial charge in [0, 0.05) is 0 Å². The van der Waals surface area contributed by atoms with E-state index in [9.17, 15) is 13.2 Å². The average Bonchev–Trinajstić information content (AvgIpc) is 2.20. The van der Waals surface area contributed by atoms with Gasteiger partial charge in [0.25, 0.3) is 0 Å². The Morgan fingerprint density at radius 3 is 2.13 bits per heavy atom. The second-order valence-electron chi connectivity index (χ2n) is 2.80. The van der Waals surface area contributed by atoms with Crippen LogP contribution in [0.5, 0.6) is 0 Å². The predicted molar refractivity (Wildman–Crippen MR) is 53.5 cm³/mol. The first-order chi connectivity index (χ1) is 6.95. The molecule has 0 aliphatic rings. The van der Waals surface area contributed by atoms with Crippen molar-refractivity contribution in [2.24, 2.45) is 0 Å². The van der Waals surface area contributed by atoms with Crippen LogP contribution in [0.3, 0.4) is 0 Å².